The molecule has 0 fully saturated rings. The molecule has 1 aromatic heterocycles. The van der Waals surface area contributed by atoms with E-state index in [1.54, 1.807) is 7.05 Å². The maximum atomic E-state index is 12.4. The summed E-state index contributed by atoms with van der Waals surface area (Å²) >= 11 is 0. The van der Waals surface area contributed by atoms with Gasteiger partial charge in [-0.15, -0.1) is 10.2 Å². The average molecular weight is 230 g/mol. The Kier molecular flexibility index (Phi) is 4.56. The molecule has 5 nitrogen and oxygen atoms in total. The number of alkyl halides is 2. The lowest BCUT2D eigenvalue weighted by molar-refractivity contribution is 0.144. The summed E-state index contributed by atoms with van der Waals surface area (Å²) < 4.78 is 29.7. The molecule has 0 aliphatic rings. The first kappa shape index (κ1) is 12.3. The number of nitrogens with one attached hydrogen (secondary N) is 1. The molecule has 0 aliphatic heterocycles. The molecule has 16 heavy (non-hydrogen) atoms. The van der Waals surface area contributed by atoms with Gasteiger partial charge in [0.25, 0.3) is 6.43 Å². The van der Waals surface area contributed by atoms with E-state index in [9.17, 15) is 8.78 Å². The number of aliphatic imine (C=N–C) groups is 1. The first-order chi connectivity index (χ1) is 7.69. The predicted octanol–water partition coefficient (Wildman–Crippen LogP) is 1.17. The Morgan fingerprint density at radius 1 is 1.56 bits per heavy atom. The molecule has 88 valence electrons. The van der Waals surface area contributed by atoms with Crippen LogP contribution in [0.2, 0.25) is 0 Å². The molecule has 0 unspecified atom stereocenters. The zero-order valence-corrected chi connectivity index (χ0v) is 8.94. The van der Waals surface area contributed by atoms with E-state index in [1.165, 1.54) is 19.5 Å². The van der Waals surface area contributed by atoms with E-state index in [0.29, 0.717) is 12.1 Å². The highest BCUT2D eigenvalue weighted by atomic mass is 19.3. The SMILES string of the molecule is C/N=C\NCc1cc(C(F)F)nnc1OC. The fourth-order valence-corrected chi connectivity index (χ4v) is 1.09. The van der Waals surface area contributed by atoms with Crippen molar-refractivity contribution in [2.45, 2.75) is 13.0 Å². The maximum absolute atomic E-state index is 12.4. The highest BCUT2D eigenvalue weighted by molar-refractivity contribution is 5.54. The third kappa shape index (κ3) is 3.11. The summed E-state index contributed by atoms with van der Waals surface area (Å²) in [5, 5.41) is 9.72. The number of hydrogen-bond donors (Lipinski definition) is 1. The fourth-order valence-electron chi connectivity index (χ4n) is 1.09. The number of hydrogen-bond acceptors (Lipinski definition) is 4. The number of ether oxygens (including phenoxy) is 1. The van der Waals surface area contributed by atoms with E-state index in [1.807, 2.05) is 0 Å². The first-order valence-electron chi connectivity index (χ1n) is 4.51. The number of halogens is 2. The van der Waals surface area contributed by atoms with Crippen molar-refractivity contribution in [3.63, 3.8) is 0 Å². The maximum Gasteiger partial charge on any atom is 0.282 e. The summed E-state index contributed by atoms with van der Waals surface area (Å²) in [6.45, 7) is 0.301. The molecule has 0 radical (unpaired) electrons. The van der Waals surface area contributed by atoms with Gasteiger partial charge in [0.05, 0.1) is 13.4 Å². The predicted molar refractivity (Wildman–Crippen MR) is 54.8 cm³/mol. The van der Waals surface area contributed by atoms with Crippen LogP contribution in [0.5, 0.6) is 5.88 Å². The largest absolute Gasteiger partial charge is 0.480 e. The Hall–Kier alpha value is -1.79. The molecule has 1 heterocycles. The van der Waals surface area contributed by atoms with Crippen LogP contribution < -0.4 is 10.1 Å². The van der Waals surface area contributed by atoms with Crippen molar-refractivity contribution in [3.8, 4) is 5.88 Å². The van der Waals surface area contributed by atoms with Gasteiger partial charge >= 0.3 is 0 Å². The smallest absolute Gasteiger partial charge is 0.282 e. The van der Waals surface area contributed by atoms with Gasteiger partial charge in [-0.3, -0.25) is 4.99 Å². The summed E-state index contributed by atoms with van der Waals surface area (Å²) in [7, 11) is 3.00. The van der Waals surface area contributed by atoms with Gasteiger partial charge in [-0.1, -0.05) is 0 Å². The number of nitrogens with zero attached hydrogens (tertiary/aromatic N) is 3. The Morgan fingerprint density at radius 2 is 2.31 bits per heavy atom. The second-order valence-electron chi connectivity index (χ2n) is 2.87. The lowest BCUT2D eigenvalue weighted by atomic mass is 10.2. The van der Waals surface area contributed by atoms with Gasteiger partial charge in [-0.05, 0) is 6.07 Å². The molecular formula is C9H12F2N4O. The molecule has 0 atom stereocenters. The highest BCUT2D eigenvalue weighted by Gasteiger charge is 2.13. The molecule has 0 aromatic carbocycles. The Labute approximate surface area is 91.6 Å². The second-order valence-corrected chi connectivity index (χ2v) is 2.87. The van der Waals surface area contributed by atoms with Crippen molar-refractivity contribution in [3.05, 3.63) is 17.3 Å². The van der Waals surface area contributed by atoms with Gasteiger partial charge in [-0.25, -0.2) is 8.78 Å². The summed E-state index contributed by atoms with van der Waals surface area (Å²) in [5.74, 6) is 0.224. The van der Waals surface area contributed by atoms with Gasteiger partial charge in [0.1, 0.15) is 5.69 Å². The highest BCUT2D eigenvalue weighted by Crippen LogP contribution is 2.20. The zero-order chi connectivity index (χ0) is 12.0. The molecular weight excluding hydrogens is 218 g/mol. The average Bonchev–Trinajstić information content (AvgIpc) is 2.29. The van der Waals surface area contributed by atoms with Crippen LogP contribution in [-0.2, 0) is 6.54 Å². The van der Waals surface area contributed by atoms with E-state index in [0.717, 1.165) is 0 Å². The standard InChI is InChI=1S/C9H12F2N4O/c1-12-5-13-4-6-3-7(8(10)11)14-15-9(6)16-2/h3,5,8H,4H2,1-2H3,(H,12,13). The van der Waals surface area contributed by atoms with E-state index < -0.39 is 6.43 Å². The van der Waals surface area contributed by atoms with Crippen molar-refractivity contribution < 1.29 is 13.5 Å². The molecule has 1 N–H and O–H groups in total. The summed E-state index contributed by atoms with van der Waals surface area (Å²) in [6, 6.07) is 1.26. The molecule has 0 saturated heterocycles. The fraction of sp³-hybridized carbons (Fsp3) is 0.444. The topological polar surface area (TPSA) is 59.4 Å². The van der Waals surface area contributed by atoms with Crippen molar-refractivity contribution in [2.75, 3.05) is 14.2 Å². The van der Waals surface area contributed by atoms with Gasteiger partial charge in [0.15, 0.2) is 0 Å². The van der Waals surface area contributed by atoms with Crippen molar-refractivity contribution in [1.29, 1.82) is 0 Å². The Balaban J connectivity index is 2.88. The lowest BCUT2D eigenvalue weighted by Crippen LogP contribution is -2.13. The number of aromatic nitrogens is 2. The summed E-state index contributed by atoms with van der Waals surface area (Å²) in [5.41, 5.74) is 0.138. The van der Waals surface area contributed by atoms with Crippen molar-refractivity contribution in [2.24, 2.45) is 4.99 Å². The van der Waals surface area contributed by atoms with Crippen LogP contribution >= 0.6 is 0 Å². The van der Waals surface area contributed by atoms with Crippen LogP contribution in [-0.4, -0.2) is 30.7 Å². The van der Waals surface area contributed by atoms with Gasteiger partial charge in [-0.2, -0.15) is 0 Å². The molecule has 0 amide bonds. The van der Waals surface area contributed by atoms with E-state index >= 15 is 0 Å². The van der Waals surface area contributed by atoms with E-state index in [2.05, 4.69) is 20.5 Å². The molecule has 0 bridgehead atoms. The van der Waals surface area contributed by atoms with Crippen molar-refractivity contribution >= 4 is 6.34 Å². The van der Waals surface area contributed by atoms with Crippen LogP contribution in [0.1, 0.15) is 17.7 Å². The Morgan fingerprint density at radius 3 is 2.88 bits per heavy atom. The van der Waals surface area contributed by atoms with Gasteiger partial charge in [0, 0.05) is 19.2 Å². The molecule has 0 saturated carbocycles. The van der Waals surface area contributed by atoms with Crippen LogP contribution in [0, 0.1) is 0 Å². The Bertz CT molecular complexity index is 371. The van der Waals surface area contributed by atoms with Crippen LogP contribution in [0.3, 0.4) is 0 Å². The molecule has 1 aromatic rings. The van der Waals surface area contributed by atoms with Crippen LogP contribution in [0.15, 0.2) is 11.1 Å². The van der Waals surface area contributed by atoms with Gasteiger partial charge < -0.3 is 10.1 Å². The summed E-state index contributed by atoms with van der Waals surface area (Å²) in [6.07, 6.45) is -1.18. The minimum Gasteiger partial charge on any atom is -0.480 e. The minimum absolute atomic E-state index is 0.224. The second kappa shape index (κ2) is 5.94. The molecule has 0 spiro atoms. The lowest BCUT2D eigenvalue weighted by Gasteiger charge is -2.07. The third-order valence-corrected chi connectivity index (χ3v) is 1.78. The van der Waals surface area contributed by atoms with Crippen LogP contribution in [0.4, 0.5) is 8.78 Å². The molecule has 7 heteroatoms. The first-order valence-corrected chi connectivity index (χ1v) is 4.51. The quantitative estimate of drug-likeness (QED) is 0.609. The van der Waals surface area contributed by atoms with E-state index in [-0.39, 0.29) is 11.6 Å². The zero-order valence-electron chi connectivity index (χ0n) is 8.94. The van der Waals surface area contributed by atoms with Gasteiger partial charge in [0.2, 0.25) is 5.88 Å². The van der Waals surface area contributed by atoms with Crippen molar-refractivity contribution in [1.82, 2.24) is 15.5 Å². The number of methoxy groups -OCH3 is 1. The monoisotopic (exact) mass is 230 g/mol. The minimum atomic E-state index is -2.64. The molecule has 1 rings (SSSR count). The summed E-state index contributed by atoms with van der Waals surface area (Å²) in [4.78, 5) is 3.70. The van der Waals surface area contributed by atoms with E-state index in [4.69, 9.17) is 4.74 Å². The number of rotatable bonds is 5. The normalized spacial score (nSPS) is 11.1. The van der Waals surface area contributed by atoms with Crippen LogP contribution in [0.25, 0.3) is 0 Å². The third-order valence-electron chi connectivity index (χ3n) is 1.78. The molecule has 0 aliphatic carbocycles.